The summed E-state index contributed by atoms with van der Waals surface area (Å²) in [5.41, 5.74) is 1.24. The molecule has 0 radical (unpaired) electrons. The van der Waals surface area contributed by atoms with Crippen molar-refractivity contribution in [3.63, 3.8) is 0 Å². The van der Waals surface area contributed by atoms with E-state index in [9.17, 15) is 22.7 Å². The predicted molar refractivity (Wildman–Crippen MR) is 157 cm³/mol. The highest BCUT2D eigenvalue weighted by molar-refractivity contribution is 7.89. The third-order valence-corrected chi connectivity index (χ3v) is 9.05. The molecule has 0 spiro atoms. The minimum atomic E-state index is -3.96. The fraction of sp³-hybridized carbons (Fsp3) is 0.355. The van der Waals surface area contributed by atoms with Crippen LogP contribution in [0.2, 0.25) is 0 Å². The van der Waals surface area contributed by atoms with E-state index < -0.39 is 33.9 Å². The van der Waals surface area contributed by atoms with E-state index in [1.165, 1.54) is 37.4 Å². The molecule has 12 heteroatoms. The summed E-state index contributed by atoms with van der Waals surface area (Å²) in [6.07, 6.45) is 0.763. The van der Waals surface area contributed by atoms with Crippen LogP contribution in [0.5, 0.6) is 17.4 Å². The maximum absolute atomic E-state index is 13.7. The van der Waals surface area contributed by atoms with E-state index in [2.05, 4.69) is 16.8 Å². The van der Waals surface area contributed by atoms with Gasteiger partial charge in [-0.2, -0.15) is 4.31 Å². The molecule has 4 rings (SSSR count). The summed E-state index contributed by atoms with van der Waals surface area (Å²) in [4.78, 5) is 19.6. The second-order valence-electron chi connectivity index (χ2n) is 10.3. The zero-order valence-electron chi connectivity index (χ0n) is 24.6. The van der Waals surface area contributed by atoms with Crippen LogP contribution in [-0.2, 0) is 10.0 Å². The summed E-state index contributed by atoms with van der Waals surface area (Å²) in [6, 6.07) is 10.9. The lowest BCUT2D eigenvalue weighted by Gasteiger charge is -2.37. The van der Waals surface area contributed by atoms with Crippen LogP contribution in [0, 0.1) is 23.6 Å². The summed E-state index contributed by atoms with van der Waals surface area (Å²) >= 11 is 0. The van der Waals surface area contributed by atoms with E-state index in [1.54, 1.807) is 38.3 Å². The Labute approximate surface area is 251 Å². The van der Waals surface area contributed by atoms with Crippen LogP contribution in [0.1, 0.15) is 35.3 Å². The molecule has 1 aromatic heterocycles. The third-order valence-electron chi connectivity index (χ3n) is 7.21. The summed E-state index contributed by atoms with van der Waals surface area (Å²) in [5, 5.41) is 9.91. The van der Waals surface area contributed by atoms with Gasteiger partial charge in [0.25, 0.3) is 5.91 Å². The van der Waals surface area contributed by atoms with Crippen molar-refractivity contribution >= 4 is 15.9 Å². The monoisotopic (exact) mass is 611 g/mol. The van der Waals surface area contributed by atoms with Gasteiger partial charge in [0.2, 0.25) is 15.9 Å². The van der Waals surface area contributed by atoms with Crippen molar-refractivity contribution in [3.05, 3.63) is 77.2 Å². The van der Waals surface area contributed by atoms with Gasteiger partial charge in [-0.05, 0) is 55.5 Å². The minimum Gasteiger partial charge on any atom is -0.493 e. The molecule has 0 fully saturated rings. The molecule has 2 aromatic carbocycles. The standard InChI is InChI=1S/C31H34FN3O7S/c1-20-17-35(21(2)19-36)31(37)26-14-23(7-6-22-8-13-27(40-4)28(15-22)41-5)16-33-30(26)42-29(20)18-34(3)43(38,39)25-11-9-24(32)10-12-25/h8-16,20-21,29,36H,17-19H2,1-5H3/t20-,21+,29-/m0/s1. The molecule has 1 N–H and O–H groups in total. The van der Waals surface area contributed by atoms with E-state index in [0.717, 1.165) is 16.4 Å². The largest absolute Gasteiger partial charge is 0.493 e. The molecule has 1 aliphatic rings. The molecule has 10 nitrogen and oxygen atoms in total. The number of sulfonamides is 1. The van der Waals surface area contributed by atoms with Gasteiger partial charge in [0.05, 0.1) is 38.3 Å². The first kappa shape index (κ1) is 31.7. The number of hydrogen-bond donors (Lipinski definition) is 1. The number of aliphatic hydroxyl groups excluding tert-OH is 1. The molecule has 228 valence electrons. The SMILES string of the molecule is COc1ccc(C#Cc2cnc3c(c2)C(=O)N([C@H](C)CO)C[C@H](C)[C@H](CN(C)S(=O)(=O)c2ccc(F)cc2)O3)cc1OC. The smallest absolute Gasteiger partial charge is 0.259 e. The molecule has 3 aromatic rings. The molecule has 43 heavy (non-hydrogen) atoms. The number of halogens is 1. The average Bonchev–Trinajstić information content (AvgIpc) is 3.01. The zero-order chi connectivity index (χ0) is 31.3. The Kier molecular flexibility index (Phi) is 9.91. The van der Waals surface area contributed by atoms with Gasteiger partial charge in [0, 0.05) is 36.8 Å². The van der Waals surface area contributed by atoms with Gasteiger partial charge in [-0.1, -0.05) is 18.8 Å². The van der Waals surface area contributed by atoms with Gasteiger partial charge >= 0.3 is 0 Å². The van der Waals surface area contributed by atoms with Crippen molar-refractivity contribution in [1.82, 2.24) is 14.2 Å². The Balaban J connectivity index is 1.68. The third kappa shape index (κ3) is 7.07. The number of aromatic nitrogens is 1. The molecule has 0 aliphatic carbocycles. The molecule has 3 atom stereocenters. The summed E-state index contributed by atoms with van der Waals surface area (Å²) in [5.74, 6) is 5.88. The molecular weight excluding hydrogens is 577 g/mol. The van der Waals surface area contributed by atoms with E-state index in [0.29, 0.717) is 22.6 Å². The Morgan fingerprint density at radius 3 is 2.44 bits per heavy atom. The number of likely N-dealkylation sites (N-methyl/N-ethyl adjacent to an activating group) is 1. The topological polar surface area (TPSA) is 118 Å². The van der Waals surface area contributed by atoms with E-state index in [1.807, 2.05) is 6.92 Å². The van der Waals surface area contributed by atoms with Crippen LogP contribution in [0.3, 0.4) is 0 Å². The van der Waals surface area contributed by atoms with Crippen LogP contribution in [0.25, 0.3) is 0 Å². The lowest BCUT2D eigenvalue weighted by molar-refractivity contribution is 0.0373. The lowest BCUT2D eigenvalue weighted by atomic mass is 10.0. The first-order chi connectivity index (χ1) is 20.5. The number of amides is 1. The van der Waals surface area contributed by atoms with Gasteiger partial charge in [0.1, 0.15) is 17.5 Å². The number of carbonyl (C=O) groups excluding carboxylic acids is 1. The van der Waals surface area contributed by atoms with Gasteiger partial charge in [-0.15, -0.1) is 0 Å². The van der Waals surface area contributed by atoms with Crippen molar-refractivity contribution in [2.24, 2.45) is 5.92 Å². The average molecular weight is 612 g/mol. The highest BCUT2D eigenvalue weighted by Crippen LogP contribution is 2.29. The highest BCUT2D eigenvalue weighted by Gasteiger charge is 2.36. The number of ether oxygens (including phenoxy) is 3. The maximum Gasteiger partial charge on any atom is 0.259 e. The molecule has 0 bridgehead atoms. The molecule has 2 heterocycles. The van der Waals surface area contributed by atoms with Gasteiger partial charge in [-0.25, -0.2) is 17.8 Å². The Morgan fingerprint density at radius 2 is 1.79 bits per heavy atom. The molecule has 0 unspecified atom stereocenters. The normalized spacial score (nSPS) is 17.6. The number of methoxy groups -OCH3 is 2. The van der Waals surface area contributed by atoms with Crippen LogP contribution in [-0.4, -0.2) is 86.7 Å². The summed E-state index contributed by atoms with van der Waals surface area (Å²) in [7, 11) is 0.522. The van der Waals surface area contributed by atoms with Crippen LogP contribution >= 0.6 is 0 Å². The second kappa shape index (κ2) is 13.4. The number of hydrogen-bond acceptors (Lipinski definition) is 8. The number of benzene rings is 2. The van der Waals surface area contributed by atoms with Gasteiger partial charge in [0.15, 0.2) is 11.5 Å². The molecule has 1 aliphatic heterocycles. The first-order valence-electron chi connectivity index (χ1n) is 13.5. The molecule has 1 amide bonds. The predicted octanol–water partition coefficient (Wildman–Crippen LogP) is 3.18. The number of pyridine rings is 1. The van der Waals surface area contributed by atoms with Crippen LogP contribution < -0.4 is 14.2 Å². The quantitative estimate of drug-likeness (QED) is 0.386. The van der Waals surface area contributed by atoms with Crippen molar-refractivity contribution < 1.29 is 36.9 Å². The van der Waals surface area contributed by atoms with Crippen molar-refractivity contribution in [2.75, 3.05) is 41.0 Å². The Morgan fingerprint density at radius 1 is 1.12 bits per heavy atom. The molecular formula is C31H34FN3O7S. The van der Waals surface area contributed by atoms with Crippen LogP contribution in [0.15, 0.2) is 59.6 Å². The number of fused-ring (bicyclic) bond motifs is 1. The summed E-state index contributed by atoms with van der Waals surface area (Å²) < 4.78 is 57.8. The lowest BCUT2D eigenvalue weighted by Crippen LogP contribution is -2.50. The molecule has 0 saturated carbocycles. The van der Waals surface area contributed by atoms with E-state index >= 15 is 0 Å². The maximum atomic E-state index is 13.7. The zero-order valence-corrected chi connectivity index (χ0v) is 25.4. The van der Waals surface area contributed by atoms with Crippen LogP contribution in [0.4, 0.5) is 4.39 Å². The van der Waals surface area contributed by atoms with E-state index in [4.69, 9.17) is 14.2 Å². The van der Waals surface area contributed by atoms with Gasteiger partial charge < -0.3 is 24.2 Å². The minimum absolute atomic E-state index is 0.0286. The van der Waals surface area contributed by atoms with Crippen molar-refractivity contribution in [1.29, 1.82) is 0 Å². The Bertz CT molecular complexity index is 1640. The number of carbonyl (C=O) groups is 1. The summed E-state index contributed by atoms with van der Waals surface area (Å²) in [6.45, 7) is 3.40. The second-order valence-corrected chi connectivity index (χ2v) is 12.3. The first-order valence-corrected chi connectivity index (χ1v) is 15.0. The fourth-order valence-corrected chi connectivity index (χ4v) is 5.77. The number of rotatable bonds is 8. The fourth-order valence-electron chi connectivity index (χ4n) is 4.58. The van der Waals surface area contributed by atoms with Crippen molar-refractivity contribution in [2.45, 2.75) is 30.9 Å². The Hall–Kier alpha value is -4.18. The number of nitrogens with zero attached hydrogens (tertiary/aromatic N) is 3. The van der Waals surface area contributed by atoms with Gasteiger partial charge in [-0.3, -0.25) is 4.79 Å². The molecule has 0 saturated heterocycles. The number of aliphatic hydroxyl groups is 1. The van der Waals surface area contributed by atoms with Crippen molar-refractivity contribution in [3.8, 4) is 29.2 Å². The van der Waals surface area contributed by atoms with E-state index in [-0.39, 0.29) is 42.0 Å². The highest BCUT2D eigenvalue weighted by atomic mass is 32.2.